The molecule has 0 bridgehead atoms. The number of esters is 1. The quantitative estimate of drug-likeness (QED) is 0.168. The molecule has 52 heavy (non-hydrogen) atoms. The van der Waals surface area contributed by atoms with Crippen LogP contribution < -0.4 is 5.32 Å². The number of amides is 1. The normalized spacial score (nSPS) is 37.9. The molecular weight excluding hydrogens is 649 g/mol. The molecule has 0 aliphatic heterocycles. The fraction of sp³-hybridized carbons (Fsp3) is 0.659. The van der Waals surface area contributed by atoms with Gasteiger partial charge in [0.2, 0.25) is 5.91 Å². The first-order valence-corrected chi connectivity index (χ1v) is 19.8. The van der Waals surface area contributed by atoms with Gasteiger partial charge in [-0.15, -0.1) is 5.10 Å². The first kappa shape index (κ1) is 36.8. The van der Waals surface area contributed by atoms with Crippen LogP contribution in [-0.2, 0) is 32.2 Å². The number of nitrogens with one attached hydrogen (secondary N) is 1. The van der Waals surface area contributed by atoms with Crippen LogP contribution in [0, 0.1) is 56.7 Å². The van der Waals surface area contributed by atoms with Crippen LogP contribution in [0.5, 0.6) is 0 Å². The predicted octanol–water partition coefficient (Wildman–Crippen LogP) is 8.38. The molecule has 5 fully saturated rings. The number of methoxy groups -OCH3 is 1. The van der Waals surface area contributed by atoms with E-state index in [-0.39, 0.29) is 46.6 Å². The van der Waals surface area contributed by atoms with Gasteiger partial charge in [0.15, 0.2) is 0 Å². The number of fused-ring (bicyclic) bond motifs is 7. The third-order valence-electron chi connectivity index (χ3n) is 16.2. The zero-order valence-corrected chi connectivity index (χ0v) is 32.6. The summed E-state index contributed by atoms with van der Waals surface area (Å²) < 4.78 is 6.68. The Morgan fingerprint density at radius 2 is 1.71 bits per heavy atom. The lowest BCUT2D eigenvalue weighted by Crippen LogP contribution is -2.67. The third-order valence-corrected chi connectivity index (χ3v) is 16.2. The van der Waals surface area contributed by atoms with Crippen LogP contribution in [0.3, 0.4) is 0 Å². The molecule has 5 aliphatic carbocycles. The molecule has 0 unspecified atom stereocenters. The Labute approximate surface area is 310 Å². The van der Waals surface area contributed by atoms with Crippen LogP contribution in [-0.4, -0.2) is 39.8 Å². The molecule has 0 saturated heterocycles. The molecule has 1 aromatic heterocycles. The van der Waals surface area contributed by atoms with Crippen molar-refractivity contribution in [2.24, 2.45) is 56.7 Å². The lowest BCUT2D eigenvalue weighted by molar-refractivity contribution is -0.233. The summed E-state index contributed by atoms with van der Waals surface area (Å²) in [5, 5.41) is 12.0. The smallest absolute Gasteiger partial charge is 0.335 e. The lowest BCUT2D eigenvalue weighted by Gasteiger charge is -2.72. The standard InChI is InChI=1S/C44H60N4O4/c1-28(2)32-16-21-44(39(51)45-25-31-27-48(47-46-31)26-30(38(50)52-8)24-29-12-10-9-11-13-29)23-22-42(6)33(37(32)44)14-15-35-41(5)19-18-36(49)40(3,4)34(41)17-20-43(35,42)7/h9-13,24,27,32-35,37H,1,14-23,25-26H2,2-8H3,(H,45,51)/b30-24+/t32-,33+,34-,35+,37+,41-,42+,43+,44-/m0/s1. The zero-order valence-electron chi connectivity index (χ0n) is 32.6. The molecule has 7 rings (SSSR count). The lowest BCUT2D eigenvalue weighted by atomic mass is 9.32. The summed E-state index contributed by atoms with van der Waals surface area (Å²) in [6, 6.07) is 9.65. The minimum atomic E-state index is -0.427. The molecule has 8 nitrogen and oxygen atoms in total. The number of ether oxygens (including phenoxy) is 1. The number of aromatic nitrogens is 3. The number of carbonyl (C=O) groups is 3. The number of nitrogens with zero attached hydrogens (tertiary/aromatic N) is 3. The van der Waals surface area contributed by atoms with E-state index in [0.29, 0.717) is 47.1 Å². The molecule has 280 valence electrons. The molecule has 1 heterocycles. The van der Waals surface area contributed by atoms with E-state index in [1.165, 1.54) is 25.5 Å². The van der Waals surface area contributed by atoms with Crippen molar-refractivity contribution in [3.05, 3.63) is 65.5 Å². The number of hydrogen-bond donors (Lipinski definition) is 1. The largest absolute Gasteiger partial charge is 0.466 e. The van der Waals surface area contributed by atoms with Crippen molar-refractivity contribution >= 4 is 23.7 Å². The Kier molecular flexibility index (Phi) is 9.26. The second kappa shape index (κ2) is 13.1. The Bertz CT molecular complexity index is 1780. The average molecular weight is 709 g/mol. The Balaban J connectivity index is 1.11. The summed E-state index contributed by atoms with van der Waals surface area (Å²) in [7, 11) is 1.38. The molecule has 0 spiro atoms. The molecule has 5 aliphatic rings. The summed E-state index contributed by atoms with van der Waals surface area (Å²) >= 11 is 0. The highest BCUT2D eigenvalue weighted by atomic mass is 16.5. The second-order valence-electron chi connectivity index (χ2n) is 18.6. The van der Waals surface area contributed by atoms with Crippen molar-refractivity contribution in [2.45, 2.75) is 119 Å². The Hall–Kier alpha value is -3.55. The van der Waals surface area contributed by atoms with E-state index < -0.39 is 11.4 Å². The van der Waals surface area contributed by atoms with Gasteiger partial charge in [-0.2, -0.15) is 0 Å². The molecule has 1 aromatic carbocycles. The van der Waals surface area contributed by atoms with Gasteiger partial charge in [-0.1, -0.05) is 82.3 Å². The Morgan fingerprint density at radius 1 is 0.962 bits per heavy atom. The molecule has 5 saturated carbocycles. The molecule has 9 atom stereocenters. The van der Waals surface area contributed by atoms with Gasteiger partial charge in [-0.25, -0.2) is 9.48 Å². The van der Waals surface area contributed by atoms with Gasteiger partial charge in [-0.05, 0) is 122 Å². The number of ketones is 1. The molecule has 8 heteroatoms. The number of benzene rings is 1. The molecule has 0 radical (unpaired) electrons. The summed E-state index contributed by atoms with van der Waals surface area (Å²) in [4.78, 5) is 40.4. The van der Waals surface area contributed by atoms with E-state index in [1.807, 2.05) is 30.3 Å². The van der Waals surface area contributed by atoms with Crippen LogP contribution in [0.25, 0.3) is 6.08 Å². The third kappa shape index (κ3) is 5.55. The van der Waals surface area contributed by atoms with Gasteiger partial charge in [0.25, 0.3) is 0 Å². The highest BCUT2D eigenvalue weighted by Crippen LogP contribution is 2.77. The van der Waals surface area contributed by atoms with Crippen LogP contribution in [0.15, 0.2) is 54.3 Å². The topological polar surface area (TPSA) is 103 Å². The number of rotatable bonds is 8. The molecule has 1 amide bonds. The summed E-state index contributed by atoms with van der Waals surface area (Å²) in [5.74, 6) is 2.25. The van der Waals surface area contributed by atoms with Crippen molar-refractivity contribution < 1.29 is 19.1 Å². The van der Waals surface area contributed by atoms with Crippen molar-refractivity contribution in [1.29, 1.82) is 0 Å². The minimum Gasteiger partial charge on any atom is -0.466 e. The van der Waals surface area contributed by atoms with Crippen molar-refractivity contribution in [2.75, 3.05) is 7.11 Å². The monoisotopic (exact) mass is 708 g/mol. The number of carbonyl (C=O) groups excluding carboxylic acids is 3. The number of hydrogen-bond acceptors (Lipinski definition) is 6. The van der Waals surface area contributed by atoms with Crippen molar-refractivity contribution in [3.8, 4) is 0 Å². The maximum atomic E-state index is 14.6. The first-order chi connectivity index (χ1) is 24.6. The maximum absolute atomic E-state index is 14.6. The van der Waals surface area contributed by atoms with Gasteiger partial charge in [0.1, 0.15) is 11.5 Å². The van der Waals surface area contributed by atoms with E-state index in [1.54, 1.807) is 17.0 Å². The minimum absolute atomic E-state index is 0.120. The fourth-order valence-electron chi connectivity index (χ4n) is 13.4. The fourth-order valence-corrected chi connectivity index (χ4v) is 13.4. The maximum Gasteiger partial charge on any atom is 0.335 e. The van der Waals surface area contributed by atoms with E-state index in [0.717, 1.165) is 50.5 Å². The van der Waals surface area contributed by atoms with E-state index >= 15 is 0 Å². The Morgan fingerprint density at radius 3 is 2.42 bits per heavy atom. The van der Waals surface area contributed by atoms with Gasteiger partial charge < -0.3 is 10.1 Å². The SMILES string of the molecule is C=C(C)[C@@H]1CC[C@]2(C(=O)NCc3cn(C/C(=C\c4ccccc4)C(=O)OC)nn3)CC[C@]3(C)[C@H](CC[C@@H]4[C@@]5(C)CCC(=O)C(C)(C)[C@@H]5CC[C@]43C)[C@@H]12. The van der Waals surface area contributed by atoms with Crippen LogP contribution in [0.2, 0.25) is 0 Å². The molecule has 2 aromatic rings. The summed E-state index contributed by atoms with van der Waals surface area (Å²) in [6.07, 6.45) is 13.8. The average Bonchev–Trinajstić information content (AvgIpc) is 3.74. The summed E-state index contributed by atoms with van der Waals surface area (Å²) in [6.45, 7) is 19.4. The van der Waals surface area contributed by atoms with Gasteiger partial charge in [0.05, 0.1) is 37.4 Å². The van der Waals surface area contributed by atoms with E-state index in [2.05, 4.69) is 63.8 Å². The van der Waals surface area contributed by atoms with E-state index in [9.17, 15) is 14.4 Å². The van der Waals surface area contributed by atoms with Crippen LogP contribution in [0.4, 0.5) is 0 Å². The second-order valence-corrected chi connectivity index (χ2v) is 18.6. The number of allylic oxidation sites excluding steroid dienone is 1. The van der Waals surface area contributed by atoms with Gasteiger partial charge >= 0.3 is 5.97 Å². The van der Waals surface area contributed by atoms with Crippen molar-refractivity contribution in [3.63, 3.8) is 0 Å². The highest BCUT2D eigenvalue weighted by molar-refractivity contribution is 5.93. The first-order valence-electron chi connectivity index (χ1n) is 19.8. The van der Waals surface area contributed by atoms with Crippen molar-refractivity contribution in [1.82, 2.24) is 20.3 Å². The highest BCUT2D eigenvalue weighted by Gasteiger charge is 2.71. The number of Topliss-reactive ketones (excluding diaryl/α,β-unsaturated/α-hetero) is 1. The van der Waals surface area contributed by atoms with Crippen LogP contribution >= 0.6 is 0 Å². The molecular formula is C44H60N4O4. The van der Waals surface area contributed by atoms with Gasteiger partial charge in [-0.3, -0.25) is 9.59 Å². The summed E-state index contributed by atoms with van der Waals surface area (Å²) in [5.41, 5.74) is 3.01. The zero-order chi connectivity index (χ0) is 37.3. The van der Waals surface area contributed by atoms with E-state index in [4.69, 9.17) is 4.74 Å². The predicted molar refractivity (Wildman–Crippen MR) is 202 cm³/mol. The molecule has 1 N–H and O–H groups in total. The van der Waals surface area contributed by atoms with Gasteiger partial charge in [0, 0.05) is 11.8 Å². The van der Waals surface area contributed by atoms with Crippen LogP contribution in [0.1, 0.15) is 117 Å².